The van der Waals surface area contributed by atoms with Gasteiger partial charge in [0, 0.05) is 29.9 Å². The predicted molar refractivity (Wildman–Crippen MR) is 134 cm³/mol. The summed E-state index contributed by atoms with van der Waals surface area (Å²) in [6, 6.07) is 14.8. The Bertz CT molecular complexity index is 1470. The summed E-state index contributed by atoms with van der Waals surface area (Å²) in [5.41, 5.74) is 6.19. The third-order valence-electron chi connectivity index (χ3n) is 7.27. The van der Waals surface area contributed by atoms with Crippen molar-refractivity contribution in [3.63, 3.8) is 0 Å². The molecule has 2 aromatic heterocycles. The van der Waals surface area contributed by atoms with Gasteiger partial charge in [0.2, 0.25) is 0 Å². The Balaban J connectivity index is 1.10. The molecule has 2 fully saturated rings. The van der Waals surface area contributed by atoms with E-state index in [9.17, 15) is 13.6 Å². The Morgan fingerprint density at radius 3 is 2.46 bits per heavy atom. The number of nitrogens with zero attached hydrogens (tertiary/aromatic N) is 4. The van der Waals surface area contributed by atoms with E-state index in [0.29, 0.717) is 34.7 Å². The third-order valence-corrected chi connectivity index (χ3v) is 7.27. The molecule has 2 aromatic carbocycles. The number of pyridine rings is 1. The summed E-state index contributed by atoms with van der Waals surface area (Å²) in [6.45, 7) is -0.258. The molecule has 37 heavy (non-hydrogen) atoms. The van der Waals surface area contributed by atoms with Gasteiger partial charge in [-0.2, -0.15) is 9.78 Å². The molecule has 10 heteroatoms. The number of aromatic nitrogens is 4. The minimum atomic E-state index is -0.713. The molecule has 8 nitrogen and oxygen atoms in total. The third kappa shape index (κ3) is 4.60. The SMILES string of the molecule is NC1CC2(C1)CC(Nc1cc(Oc3ccc(-n4ncn(Cc5c(F)cccc5F)c4=O)cc3)ccn1)C2. The molecule has 0 radical (unpaired) electrons. The van der Waals surface area contributed by atoms with Crippen LogP contribution >= 0.6 is 0 Å². The number of hydrogen-bond donors (Lipinski definition) is 2. The molecule has 0 aliphatic heterocycles. The van der Waals surface area contributed by atoms with Crippen molar-refractivity contribution in [1.29, 1.82) is 0 Å². The largest absolute Gasteiger partial charge is 0.457 e. The first-order chi connectivity index (χ1) is 17.9. The standard InChI is InChI=1S/C27H26F2N6O2/c28-23-2-1-3-24(29)22(23)15-34-16-32-35(26(34)36)19-4-6-20(7-5-19)37-21-8-9-31-25(10-21)33-18-13-27(14-18)11-17(30)12-27/h1-10,16-18H,11-15,30H2,(H,31,33). The molecule has 1 spiro atoms. The summed E-state index contributed by atoms with van der Waals surface area (Å²) >= 11 is 0. The average molecular weight is 505 g/mol. The molecular formula is C27H26F2N6O2. The van der Waals surface area contributed by atoms with E-state index in [0.717, 1.165) is 52.9 Å². The Hall–Kier alpha value is -4.05. The van der Waals surface area contributed by atoms with E-state index in [2.05, 4.69) is 15.4 Å². The second-order valence-electron chi connectivity index (χ2n) is 10.0. The fraction of sp³-hybridized carbons (Fsp3) is 0.296. The number of nitrogens with two attached hydrogens (primary N) is 1. The van der Waals surface area contributed by atoms with E-state index < -0.39 is 17.3 Å². The van der Waals surface area contributed by atoms with E-state index in [1.807, 2.05) is 6.07 Å². The molecule has 2 heterocycles. The Labute approximate surface area is 211 Å². The number of benzene rings is 2. The van der Waals surface area contributed by atoms with Crippen molar-refractivity contribution in [2.45, 2.75) is 44.3 Å². The van der Waals surface area contributed by atoms with Gasteiger partial charge in [-0.15, -0.1) is 0 Å². The van der Waals surface area contributed by atoms with Crippen LogP contribution in [0.25, 0.3) is 5.69 Å². The normalized spacial score (nSPS) is 22.4. The van der Waals surface area contributed by atoms with Crippen molar-refractivity contribution in [2.75, 3.05) is 5.32 Å². The topological polar surface area (TPSA) is 100.0 Å². The molecule has 0 saturated heterocycles. The lowest BCUT2D eigenvalue weighted by molar-refractivity contribution is 0.00110. The summed E-state index contributed by atoms with van der Waals surface area (Å²) < 4.78 is 36.3. The van der Waals surface area contributed by atoms with E-state index in [4.69, 9.17) is 10.5 Å². The second kappa shape index (κ2) is 9.11. The van der Waals surface area contributed by atoms with Gasteiger partial charge in [0.15, 0.2) is 0 Å². The van der Waals surface area contributed by atoms with Crippen LogP contribution < -0.4 is 21.5 Å². The molecular weight excluding hydrogens is 478 g/mol. The fourth-order valence-corrected chi connectivity index (χ4v) is 5.50. The molecule has 3 N–H and O–H groups in total. The summed E-state index contributed by atoms with van der Waals surface area (Å²) in [7, 11) is 0. The van der Waals surface area contributed by atoms with Crippen LogP contribution in [-0.4, -0.2) is 31.4 Å². The molecule has 0 bridgehead atoms. The number of nitrogens with one attached hydrogen (secondary N) is 1. The molecule has 0 unspecified atom stereocenters. The summed E-state index contributed by atoms with van der Waals surface area (Å²) in [4.78, 5) is 17.2. The van der Waals surface area contributed by atoms with Crippen molar-refractivity contribution in [3.8, 4) is 17.2 Å². The lowest BCUT2D eigenvalue weighted by Gasteiger charge is -2.57. The monoisotopic (exact) mass is 504 g/mol. The van der Waals surface area contributed by atoms with Crippen molar-refractivity contribution < 1.29 is 13.5 Å². The smallest absolute Gasteiger partial charge is 0.350 e. The Kier molecular flexibility index (Phi) is 5.75. The fourth-order valence-electron chi connectivity index (χ4n) is 5.50. The highest BCUT2D eigenvalue weighted by Gasteiger charge is 2.51. The summed E-state index contributed by atoms with van der Waals surface area (Å²) in [5.74, 6) is 0.554. The van der Waals surface area contributed by atoms with Crippen LogP contribution in [0.1, 0.15) is 31.2 Å². The van der Waals surface area contributed by atoms with Gasteiger partial charge in [-0.25, -0.2) is 18.6 Å². The quantitative estimate of drug-likeness (QED) is 0.391. The van der Waals surface area contributed by atoms with Gasteiger partial charge in [0.25, 0.3) is 0 Å². The van der Waals surface area contributed by atoms with Gasteiger partial charge in [-0.1, -0.05) is 6.07 Å². The van der Waals surface area contributed by atoms with Crippen LogP contribution in [0.2, 0.25) is 0 Å². The molecule has 4 aromatic rings. The van der Waals surface area contributed by atoms with Crippen LogP contribution in [0.4, 0.5) is 14.6 Å². The van der Waals surface area contributed by atoms with Crippen molar-refractivity contribution in [2.24, 2.45) is 11.1 Å². The molecule has 6 rings (SSSR count). The van der Waals surface area contributed by atoms with E-state index in [1.165, 1.54) is 12.4 Å². The van der Waals surface area contributed by atoms with Crippen molar-refractivity contribution >= 4 is 5.82 Å². The maximum Gasteiger partial charge on any atom is 0.350 e. The average Bonchev–Trinajstić information content (AvgIpc) is 3.20. The van der Waals surface area contributed by atoms with Crippen LogP contribution in [0.15, 0.2) is 71.9 Å². The van der Waals surface area contributed by atoms with Gasteiger partial charge in [0.05, 0.1) is 12.2 Å². The zero-order valence-corrected chi connectivity index (χ0v) is 20.0. The van der Waals surface area contributed by atoms with Crippen LogP contribution in [0, 0.1) is 17.0 Å². The second-order valence-corrected chi connectivity index (χ2v) is 10.0. The molecule has 0 amide bonds. The summed E-state index contributed by atoms with van der Waals surface area (Å²) in [6.07, 6.45) is 7.44. The highest BCUT2D eigenvalue weighted by Crippen LogP contribution is 2.55. The highest BCUT2D eigenvalue weighted by molar-refractivity contribution is 5.45. The zero-order chi connectivity index (χ0) is 25.6. The first kappa shape index (κ1) is 23.4. The van der Waals surface area contributed by atoms with Crippen molar-refractivity contribution in [1.82, 2.24) is 19.3 Å². The van der Waals surface area contributed by atoms with Gasteiger partial charge in [-0.3, -0.25) is 4.57 Å². The maximum atomic E-state index is 14.0. The number of anilines is 1. The maximum absolute atomic E-state index is 14.0. The van der Waals surface area contributed by atoms with E-state index in [-0.39, 0.29) is 12.1 Å². The summed E-state index contributed by atoms with van der Waals surface area (Å²) in [5, 5.41) is 7.57. The van der Waals surface area contributed by atoms with Gasteiger partial charge >= 0.3 is 5.69 Å². The number of hydrogen-bond acceptors (Lipinski definition) is 6. The van der Waals surface area contributed by atoms with E-state index >= 15 is 0 Å². The number of ether oxygens (including phenoxy) is 1. The van der Waals surface area contributed by atoms with E-state index in [1.54, 1.807) is 36.5 Å². The van der Waals surface area contributed by atoms with Gasteiger partial charge in [-0.05, 0) is 73.6 Å². The molecule has 2 aliphatic carbocycles. The lowest BCUT2D eigenvalue weighted by Crippen LogP contribution is -2.57. The Morgan fingerprint density at radius 1 is 1.03 bits per heavy atom. The molecule has 0 atom stereocenters. The number of rotatable bonds is 7. The van der Waals surface area contributed by atoms with Crippen LogP contribution in [-0.2, 0) is 6.54 Å². The first-order valence-electron chi connectivity index (χ1n) is 12.2. The lowest BCUT2D eigenvalue weighted by atomic mass is 9.52. The minimum absolute atomic E-state index is 0.192. The van der Waals surface area contributed by atoms with Gasteiger partial charge in [0.1, 0.15) is 35.3 Å². The minimum Gasteiger partial charge on any atom is -0.457 e. The number of halogens is 2. The molecule has 2 saturated carbocycles. The van der Waals surface area contributed by atoms with Crippen molar-refractivity contribution in [3.05, 3.63) is 94.8 Å². The predicted octanol–water partition coefficient (Wildman–Crippen LogP) is 4.23. The molecule has 2 aliphatic rings. The Morgan fingerprint density at radius 2 is 1.76 bits per heavy atom. The first-order valence-corrected chi connectivity index (χ1v) is 12.2. The van der Waals surface area contributed by atoms with Gasteiger partial charge < -0.3 is 15.8 Å². The van der Waals surface area contributed by atoms with Crippen LogP contribution in [0.5, 0.6) is 11.5 Å². The van der Waals surface area contributed by atoms with Crippen LogP contribution in [0.3, 0.4) is 0 Å². The molecule has 190 valence electrons. The highest BCUT2D eigenvalue weighted by atomic mass is 19.1. The zero-order valence-electron chi connectivity index (χ0n) is 20.0.